The Morgan fingerprint density at radius 3 is 2.54 bits per heavy atom. The minimum absolute atomic E-state index is 0.142. The summed E-state index contributed by atoms with van der Waals surface area (Å²) in [6.07, 6.45) is 3.85. The van der Waals surface area contributed by atoms with E-state index in [0.717, 1.165) is 5.56 Å². The van der Waals surface area contributed by atoms with E-state index in [4.69, 9.17) is 0 Å². The van der Waals surface area contributed by atoms with Gasteiger partial charge in [0.05, 0.1) is 0 Å². The molecule has 0 saturated heterocycles. The van der Waals surface area contributed by atoms with Crippen molar-refractivity contribution in [2.45, 2.75) is 18.9 Å². The van der Waals surface area contributed by atoms with Gasteiger partial charge in [0, 0.05) is 25.9 Å². The number of carbonyl (C=O) groups excluding carboxylic acids is 1. The summed E-state index contributed by atoms with van der Waals surface area (Å²) >= 11 is 0. The average molecular weight is 355 g/mol. The van der Waals surface area contributed by atoms with Gasteiger partial charge < -0.3 is 9.88 Å². The van der Waals surface area contributed by atoms with Gasteiger partial charge in [0.15, 0.2) is 0 Å². The number of amides is 1. The van der Waals surface area contributed by atoms with Crippen molar-refractivity contribution in [2.24, 2.45) is 7.05 Å². The number of nitrogens with zero attached hydrogens (tertiary/aromatic N) is 2. The van der Waals surface area contributed by atoms with Crippen molar-refractivity contribution in [3.05, 3.63) is 89.5 Å². The van der Waals surface area contributed by atoms with Crippen molar-refractivity contribution in [1.82, 2.24) is 14.9 Å². The third-order valence-electron chi connectivity index (χ3n) is 4.20. The van der Waals surface area contributed by atoms with Crippen molar-refractivity contribution in [1.29, 1.82) is 0 Å². The molecule has 0 fully saturated rings. The minimum atomic E-state index is -0.510. The van der Waals surface area contributed by atoms with Crippen molar-refractivity contribution in [3.63, 3.8) is 0 Å². The molecule has 2 aromatic carbocycles. The third-order valence-corrected chi connectivity index (χ3v) is 4.20. The highest BCUT2D eigenvalue weighted by Gasteiger charge is 2.20. The molecule has 1 aromatic heterocycles. The van der Waals surface area contributed by atoms with Gasteiger partial charge >= 0.3 is 0 Å². The summed E-state index contributed by atoms with van der Waals surface area (Å²) in [4.78, 5) is 16.7. The normalized spacial score (nSPS) is 12.0. The molecule has 134 valence electrons. The Morgan fingerprint density at radius 1 is 1.15 bits per heavy atom. The van der Waals surface area contributed by atoms with Crippen LogP contribution in [-0.2, 0) is 18.3 Å². The number of halogens is 2. The molecule has 1 atom stereocenters. The molecule has 4 nitrogen and oxygen atoms in total. The van der Waals surface area contributed by atoms with E-state index < -0.39 is 6.04 Å². The van der Waals surface area contributed by atoms with Crippen molar-refractivity contribution < 1.29 is 13.6 Å². The van der Waals surface area contributed by atoms with Gasteiger partial charge in [-0.15, -0.1) is 0 Å². The van der Waals surface area contributed by atoms with Gasteiger partial charge in [-0.2, -0.15) is 0 Å². The first kappa shape index (κ1) is 17.8. The molecule has 1 heterocycles. The lowest BCUT2D eigenvalue weighted by Crippen LogP contribution is -2.31. The summed E-state index contributed by atoms with van der Waals surface area (Å²) in [5.74, 6) is -0.265. The highest BCUT2D eigenvalue weighted by Crippen LogP contribution is 2.21. The molecule has 3 aromatic rings. The van der Waals surface area contributed by atoms with Crippen LogP contribution in [0.5, 0.6) is 0 Å². The maximum atomic E-state index is 13.7. The van der Waals surface area contributed by atoms with Crippen molar-refractivity contribution >= 4 is 5.91 Å². The second kappa shape index (κ2) is 7.91. The summed E-state index contributed by atoms with van der Waals surface area (Å²) in [6.45, 7) is 0. The maximum Gasteiger partial charge on any atom is 0.221 e. The average Bonchev–Trinajstić information content (AvgIpc) is 3.05. The molecular weight excluding hydrogens is 336 g/mol. The standard InChI is InChI=1S/C20H19F2N3O/c1-25-13-12-23-20(25)19(15-6-9-16(21)10-7-15)24-18(26)11-8-14-4-2-3-5-17(14)22/h2-7,9-10,12-13,19H,8,11H2,1H3,(H,24,26). The molecule has 26 heavy (non-hydrogen) atoms. The molecule has 0 aliphatic heterocycles. The molecule has 0 radical (unpaired) electrons. The number of hydrogen-bond donors (Lipinski definition) is 1. The largest absolute Gasteiger partial charge is 0.342 e. The molecule has 1 amide bonds. The fourth-order valence-electron chi connectivity index (χ4n) is 2.79. The Balaban J connectivity index is 1.75. The van der Waals surface area contributed by atoms with Crippen LogP contribution >= 0.6 is 0 Å². The van der Waals surface area contributed by atoms with E-state index in [1.165, 1.54) is 18.2 Å². The summed E-state index contributed by atoms with van der Waals surface area (Å²) in [5.41, 5.74) is 1.22. The van der Waals surface area contributed by atoms with Crippen LogP contribution in [0.15, 0.2) is 60.9 Å². The summed E-state index contributed by atoms with van der Waals surface area (Å²) < 4.78 is 28.7. The molecule has 6 heteroatoms. The topological polar surface area (TPSA) is 46.9 Å². The first-order valence-corrected chi connectivity index (χ1v) is 8.30. The lowest BCUT2D eigenvalue weighted by atomic mass is 10.0. The number of hydrogen-bond acceptors (Lipinski definition) is 2. The zero-order chi connectivity index (χ0) is 18.5. The SMILES string of the molecule is Cn1ccnc1C(NC(=O)CCc1ccccc1F)c1ccc(F)cc1. The van der Waals surface area contributed by atoms with E-state index in [0.29, 0.717) is 17.8 Å². The first-order chi connectivity index (χ1) is 12.5. The molecule has 1 N–H and O–H groups in total. The van der Waals surface area contributed by atoms with Gasteiger partial charge in [0.1, 0.15) is 23.5 Å². The van der Waals surface area contributed by atoms with Crippen LogP contribution in [0, 0.1) is 11.6 Å². The Morgan fingerprint density at radius 2 is 1.88 bits per heavy atom. The fraction of sp³-hybridized carbons (Fsp3) is 0.200. The molecule has 1 unspecified atom stereocenters. The van der Waals surface area contributed by atoms with E-state index in [2.05, 4.69) is 10.3 Å². The Hall–Kier alpha value is -3.02. The van der Waals surface area contributed by atoms with Crippen LogP contribution in [0.25, 0.3) is 0 Å². The number of carbonyl (C=O) groups is 1. The van der Waals surface area contributed by atoms with Gasteiger partial charge in [-0.05, 0) is 35.7 Å². The predicted octanol–water partition coefficient (Wildman–Crippen LogP) is 3.54. The van der Waals surface area contributed by atoms with Gasteiger partial charge in [0.25, 0.3) is 0 Å². The first-order valence-electron chi connectivity index (χ1n) is 8.30. The Labute approximate surface area is 150 Å². The van der Waals surface area contributed by atoms with Crippen LogP contribution in [0.3, 0.4) is 0 Å². The van der Waals surface area contributed by atoms with Crippen LogP contribution in [0.1, 0.15) is 29.4 Å². The Kier molecular flexibility index (Phi) is 5.41. The number of nitrogens with one attached hydrogen (secondary N) is 1. The van der Waals surface area contributed by atoms with Crippen molar-refractivity contribution in [3.8, 4) is 0 Å². The summed E-state index contributed by atoms with van der Waals surface area (Å²) in [6, 6.07) is 11.8. The fourth-order valence-corrected chi connectivity index (χ4v) is 2.79. The van der Waals surface area contributed by atoms with Crippen LogP contribution in [-0.4, -0.2) is 15.5 Å². The van der Waals surface area contributed by atoms with Gasteiger partial charge in [0.2, 0.25) is 5.91 Å². The van der Waals surface area contributed by atoms with Gasteiger partial charge in [-0.25, -0.2) is 13.8 Å². The molecule has 3 rings (SSSR count). The quantitative estimate of drug-likeness (QED) is 0.735. The number of rotatable bonds is 6. The second-order valence-corrected chi connectivity index (χ2v) is 6.04. The lowest BCUT2D eigenvalue weighted by molar-refractivity contribution is -0.121. The van der Waals surface area contributed by atoms with E-state index >= 15 is 0 Å². The highest BCUT2D eigenvalue weighted by molar-refractivity contribution is 5.77. The molecule has 0 spiro atoms. The smallest absolute Gasteiger partial charge is 0.221 e. The summed E-state index contributed by atoms with van der Waals surface area (Å²) in [5, 5.41) is 2.92. The van der Waals surface area contributed by atoms with Gasteiger partial charge in [-0.3, -0.25) is 4.79 Å². The molecular formula is C20H19F2N3O. The molecule has 0 saturated carbocycles. The van der Waals surface area contributed by atoms with Crippen LogP contribution in [0.4, 0.5) is 8.78 Å². The highest BCUT2D eigenvalue weighted by atomic mass is 19.1. The predicted molar refractivity (Wildman–Crippen MR) is 94.3 cm³/mol. The zero-order valence-corrected chi connectivity index (χ0v) is 14.3. The van der Waals surface area contributed by atoms with E-state index in [1.807, 2.05) is 7.05 Å². The monoisotopic (exact) mass is 355 g/mol. The number of aryl methyl sites for hydroxylation is 2. The minimum Gasteiger partial charge on any atom is -0.342 e. The molecule has 0 aliphatic rings. The second-order valence-electron chi connectivity index (χ2n) is 6.04. The van der Waals surface area contributed by atoms with Crippen molar-refractivity contribution in [2.75, 3.05) is 0 Å². The van der Waals surface area contributed by atoms with E-state index in [1.54, 1.807) is 47.3 Å². The number of imidazole rings is 1. The maximum absolute atomic E-state index is 13.7. The van der Waals surface area contributed by atoms with E-state index in [-0.39, 0.29) is 24.0 Å². The number of aromatic nitrogens is 2. The lowest BCUT2D eigenvalue weighted by Gasteiger charge is -2.19. The van der Waals surface area contributed by atoms with Gasteiger partial charge in [-0.1, -0.05) is 30.3 Å². The molecule has 0 bridgehead atoms. The van der Waals surface area contributed by atoms with Crippen LogP contribution in [0.2, 0.25) is 0 Å². The molecule has 0 aliphatic carbocycles. The Bertz CT molecular complexity index is 890. The van der Waals surface area contributed by atoms with E-state index in [9.17, 15) is 13.6 Å². The third kappa shape index (κ3) is 4.14. The zero-order valence-electron chi connectivity index (χ0n) is 14.3. The van der Waals surface area contributed by atoms with Crippen LogP contribution < -0.4 is 5.32 Å². The number of benzene rings is 2. The summed E-state index contributed by atoms with van der Waals surface area (Å²) in [7, 11) is 1.82.